The maximum atomic E-state index is 12.7. The van der Waals surface area contributed by atoms with Gasteiger partial charge in [0.1, 0.15) is 5.82 Å². The van der Waals surface area contributed by atoms with E-state index < -0.39 is 11.8 Å². The summed E-state index contributed by atoms with van der Waals surface area (Å²) >= 11 is 0.689. The summed E-state index contributed by atoms with van der Waals surface area (Å²) < 4.78 is 12.7. The van der Waals surface area contributed by atoms with Crippen LogP contribution in [0.1, 0.15) is 10.4 Å². The van der Waals surface area contributed by atoms with Gasteiger partial charge in [-0.2, -0.15) is 0 Å². The summed E-state index contributed by atoms with van der Waals surface area (Å²) in [7, 11) is 0. The van der Waals surface area contributed by atoms with Crippen molar-refractivity contribution < 1.29 is 14.3 Å². The van der Waals surface area contributed by atoms with Crippen LogP contribution in [-0.2, 0) is 0 Å². The maximum absolute atomic E-state index is 12.7. The molecule has 3 N–H and O–H groups in total. The molecule has 0 aliphatic heterocycles. The molecule has 0 heterocycles. The molecule has 0 saturated carbocycles. The van der Waals surface area contributed by atoms with Crippen molar-refractivity contribution >= 4 is 17.9 Å². The van der Waals surface area contributed by atoms with Crippen molar-refractivity contribution in [2.75, 3.05) is 0 Å². The maximum Gasteiger partial charge on any atom is 0.335 e. The molecular weight excluding hydrogens is 181 g/mol. The average molecular weight is 187 g/mol. The Morgan fingerprint density at radius 2 is 2.25 bits per heavy atom. The highest BCUT2D eigenvalue weighted by Gasteiger charge is 2.06. The van der Waals surface area contributed by atoms with E-state index in [2.05, 4.69) is 0 Å². The highest BCUT2D eigenvalue weighted by molar-refractivity contribution is 7.97. The van der Waals surface area contributed by atoms with Crippen LogP contribution in [0.3, 0.4) is 0 Å². The summed E-state index contributed by atoms with van der Waals surface area (Å²) in [6, 6.07) is 3.47. The van der Waals surface area contributed by atoms with Crippen LogP contribution in [0.4, 0.5) is 4.39 Å². The number of rotatable bonds is 2. The molecule has 0 radical (unpaired) electrons. The van der Waals surface area contributed by atoms with Gasteiger partial charge in [0.15, 0.2) is 0 Å². The van der Waals surface area contributed by atoms with Crippen LogP contribution in [-0.4, -0.2) is 11.1 Å². The van der Waals surface area contributed by atoms with Crippen molar-refractivity contribution in [3.05, 3.63) is 29.6 Å². The minimum Gasteiger partial charge on any atom is -0.478 e. The van der Waals surface area contributed by atoms with Gasteiger partial charge in [-0.25, -0.2) is 9.18 Å². The fourth-order valence-corrected chi connectivity index (χ4v) is 1.10. The highest BCUT2D eigenvalue weighted by atomic mass is 32.2. The standard InChI is InChI=1S/C7H6FNO2S/c8-5-2-1-4(7(10)11)3-6(5)12-9/h1-3H,9H2,(H,10,11). The molecule has 0 fully saturated rings. The summed E-state index contributed by atoms with van der Waals surface area (Å²) in [6.45, 7) is 0. The van der Waals surface area contributed by atoms with Crippen molar-refractivity contribution in [3.8, 4) is 0 Å². The van der Waals surface area contributed by atoms with Gasteiger partial charge < -0.3 is 5.11 Å². The van der Waals surface area contributed by atoms with Crippen LogP contribution in [0, 0.1) is 5.82 Å². The zero-order valence-electron chi connectivity index (χ0n) is 5.95. The lowest BCUT2D eigenvalue weighted by atomic mass is 10.2. The Bertz CT molecular complexity index is 316. The van der Waals surface area contributed by atoms with Gasteiger partial charge in [0.05, 0.1) is 10.5 Å². The third kappa shape index (κ3) is 1.75. The lowest BCUT2D eigenvalue weighted by Gasteiger charge is -1.99. The number of hydrogen-bond acceptors (Lipinski definition) is 3. The van der Waals surface area contributed by atoms with E-state index >= 15 is 0 Å². The first-order valence-electron chi connectivity index (χ1n) is 3.04. The Hall–Kier alpha value is -1.07. The first-order valence-corrected chi connectivity index (χ1v) is 3.92. The van der Waals surface area contributed by atoms with Crippen LogP contribution in [0.25, 0.3) is 0 Å². The van der Waals surface area contributed by atoms with Crippen molar-refractivity contribution in [3.63, 3.8) is 0 Å². The van der Waals surface area contributed by atoms with Crippen LogP contribution in [0.2, 0.25) is 0 Å². The summed E-state index contributed by atoms with van der Waals surface area (Å²) in [4.78, 5) is 10.5. The van der Waals surface area contributed by atoms with Gasteiger partial charge in [0, 0.05) is 0 Å². The van der Waals surface area contributed by atoms with Crippen molar-refractivity contribution in [1.82, 2.24) is 0 Å². The average Bonchev–Trinajstić information content (AvgIpc) is 2.05. The number of carboxylic acid groups (broad SMARTS) is 1. The van der Waals surface area contributed by atoms with Gasteiger partial charge in [-0.05, 0) is 30.1 Å². The minimum atomic E-state index is -1.09. The molecule has 0 amide bonds. The summed E-state index contributed by atoms with van der Waals surface area (Å²) in [5.74, 6) is -1.60. The van der Waals surface area contributed by atoms with Gasteiger partial charge in [-0.3, -0.25) is 5.14 Å². The molecule has 0 saturated heterocycles. The predicted molar refractivity (Wildman–Crippen MR) is 43.4 cm³/mol. The minimum absolute atomic E-state index is 0.0318. The molecule has 12 heavy (non-hydrogen) atoms. The quantitative estimate of drug-likeness (QED) is 0.688. The highest BCUT2D eigenvalue weighted by Crippen LogP contribution is 2.18. The third-order valence-corrected chi connectivity index (χ3v) is 1.87. The number of aromatic carboxylic acids is 1. The van der Waals surface area contributed by atoms with Crippen molar-refractivity contribution in [2.45, 2.75) is 4.90 Å². The van der Waals surface area contributed by atoms with Crippen LogP contribution in [0.15, 0.2) is 23.1 Å². The molecule has 1 rings (SSSR count). The molecule has 0 aliphatic rings. The van der Waals surface area contributed by atoms with E-state index in [1.807, 2.05) is 0 Å². The molecule has 0 aliphatic carbocycles. The molecular formula is C7H6FNO2S. The number of carboxylic acids is 1. The predicted octanol–water partition coefficient (Wildman–Crippen LogP) is 1.49. The normalized spacial score (nSPS) is 9.83. The Kier molecular flexibility index (Phi) is 2.67. The molecule has 1 aromatic carbocycles. The number of hydrogen-bond donors (Lipinski definition) is 2. The van der Waals surface area contributed by atoms with E-state index in [4.69, 9.17) is 10.2 Å². The molecule has 0 spiro atoms. The monoisotopic (exact) mass is 187 g/mol. The zero-order chi connectivity index (χ0) is 9.14. The fraction of sp³-hybridized carbons (Fsp3) is 0. The first-order chi connectivity index (χ1) is 5.65. The number of carbonyl (C=O) groups is 1. The first kappa shape index (κ1) is 9.02. The second-order valence-corrected chi connectivity index (χ2v) is 2.74. The lowest BCUT2D eigenvalue weighted by molar-refractivity contribution is 0.0696. The molecule has 3 nitrogen and oxygen atoms in total. The molecule has 0 bridgehead atoms. The van der Waals surface area contributed by atoms with Crippen molar-refractivity contribution in [2.24, 2.45) is 5.14 Å². The van der Waals surface area contributed by atoms with Crippen molar-refractivity contribution in [1.29, 1.82) is 0 Å². The van der Waals surface area contributed by atoms with E-state index in [1.165, 1.54) is 12.1 Å². The van der Waals surface area contributed by atoms with Gasteiger partial charge in [-0.15, -0.1) is 0 Å². The molecule has 5 heteroatoms. The molecule has 0 atom stereocenters. The summed E-state index contributed by atoms with van der Waals surface area (Å²) in [5, 5.41) is 13.6. The largest absolute Gasteiger partial charge is 0.478 e. The topological polar surface area (TPSA) is 63.3 Å². The number of benzene rings is 1. The number of halogens is 1. The van der Waals surface area contributed by atoms with E-state index in [9.17, 15) is 9.18 Å². The van der Waals surface area contributed by atoms with E-state index in [0.29, 0.717) is 11.9 Å². The second-order valence-electron chi connectivity index (χ2n) is 2.07. The Balaban J connectivity index is 3.13. The van der Waals surface area contributed by atoms with Gasteiger partial charge in [-0.1, -0.05) is 0 Å². The van der Waals surface area contributed by atoms with E-state index in [-0.39, 0.29) is 10.5 Å². The van der Waals surface area contributed by atoms with Gasteiger partial charge in [0.25, 0.3) is 0 Å². The van der Waals surface area contributed by atoms with Gasteiger partial charge in [0.2, 0.25) is 0 Å². The summed E-state index contributed by atoms with van der Waals surface area (Å²) in [6.07, 6.45) is 0. The van der Waals surface area contributed by atoms with Crippen LogP contribution >= 0.6 is 11.9 Å². The SMILES string of the molecule is NSc1cc(C(=O)O)ccc1F. The molecule has 1 aromatic rings. The van der Waals surface area contributed by atoms with Crippen LogP contribution < -0.4 is 5.14 Å². The van der Waals surface area contributed by atoms with Gasteiger partial charge >= 0.3 is 5.97 Å². The van der Waals surface area contributed by atoms with E-state index in [0.717, 1.165) is 6.07 Å². The second kappa shape index (κ2) is 3.55. The van der Waals surface area contributed by atoms with E-state index in [1.54, 1.807) is 0 Å². The molecule has 0 unspecified atom stereocenters. The Labute approximate surface area is 72.5 Å². The molecule has 64 valence electrons. The number of nitrogens with two attached hydrogens (primary N) is 1. The third-order valence-electron chi connectivity index (χ3n) is 1.31. The lowest BCUT2D eigenvalue weighted by Crippen LogP contribution is -1.97. The van der Waals surface area contributed by atoms with Crippen LogP contribution in [0.5, 0.6) is 0 Å². The summed E-state index contributed by atoms with van der Waals surface area (Å²) in [5.41, 5.74) is 0.0318. The Morgan fingerprint density at radius 1 is 1.58 bits per heavy atom. The fourth-order valence-electron chi connectivity index (χ4n) is 0.727. The molecule has 0 aromatic heterocycles. The zero-order valence-corrected chi connectivity index (χ0v) is 6.77. The Morgan fingerprint density at radius 3 is 2.75 bits per heavy atom. The smallest absolute Gasteiger partial charge is 0.335 e.